The van der Waals surface area contributed by atoms with Crippen molar-refractivity contribution in [3.63, 3.8) is 0 Å². The van der Waals surface area contributed by atoms with Gasteiger partial charge in [0.25, 0.3) is 0 Å². The highest BCUT2D eigenvalue weighted by atomic mass is 16.2. The average molecular weight is 348 g/mol. The van der Waals surface area contributed by atoms with Crippen molar-refractivity contribution in [2.75, 3.05) is 16.8 Å². The number of aromatic nitrogens is 2. The van der Waals surface area contributed by atoms with Crippen molar-refractivity contribution >= 4 is 34.2 Å². The van der Waals surface area contributed by atoms with Gasteiger partial charge in [-0.3, -0.25) is 19.6 Å². The van der Waals surface area contributed by atoms with Crippen LogP contribution < -0.4 is 10.2 Å². The van der Waals surface area contributed by atoms with Gasteiger partial charge in [-0.15, -0.1) is 0 Å². The smallest absolute Gasteiger partial charge is 0.229 e. The van der Waals surface area contributed by atoms with Gasteiger partial charge < -0.3 is 5.32 Å². The maximum atomic E-state index is 12.7. The van der Waals surface area contributed by atoms with Crippen LogP contribution in [0.1, 0.15) is 18.9 Å². The molecule has 0 bridgehead atoms. The number of hydrogen-bond donors (Lipinski definition) is 2. The van der Waals surface area contributed by atoms with E-state index in [2.05, 4.69) is 22.4 Å². The summed E-state index contributed by atoms with van der Waals surface area (Å²) in [5.41, 5.74) is 2.77. The minimum atomic E-state index is -0.386. The number of hydrogen-bond acceptors (Lipinski definition) is 3. The van der Waals surface area contributed by atoms with Gasteiger partial charge in [-0.05, 0) is 30.2 Å². The molecule has 3 aromatic rings. The molecule has 1 fully saturated rings. The zero-order valence-corrected chi connectivity index (χ0v) is 14.5. The molecule has 1 aromatic heterocycles. The molecule has 0 spiro atoms. The second-order valence-corrected chi connectivity index (χ2v) is 6.50. The van der Waals surface area contributed by atoms with Crippen molar-refractivity contribution < 1.29 is 9.59 Å². The van der Waals surface area contributed by atoms with E-state index in [1.807, 2.05) is 48.5 Å². The van der Waals surface area contributed by atoms with E-state index in [1.165, 1.54) is 0 Å². The van der Waals surface area contributed by atoms with Gasteiger partial charge in [-0.25, -0.2) is 0 Å². The Morgan fingerprint density at radius 3 is 2.85 bits per heavy atom. The number of rotatable bonds is 4. The summed E-state index contributed by atoms with van der Waals surface area (Å²) < 4.78 is 0. The first-order valence-electron chi connectivity index (χ1n) is 8.79. The fourth-order valence-electron chi connectivity index (χ4n) is 3.43. The van der Waals surface area contributed by atoms with Crippen LogP contribution in [0.2, 0.25) is 0 Å². The molecule has 1 saturated heterocycles. The molecule has 4 rings (SSSR count). The van der Waals surface area contributed by atoms with E-state index in [4.69, 9.17) is 0 Å². The van der Waals surface area contributed by atoms with Crippen LogP contribution in [0, 0.1) is 5.92 Å². The van der Waals surface area contributed by atoms with E-state index in [0.717, 1.165) is 28.6 Å². The van der Waals surface area contributed by atoms with Crippen molar-refractivity contribution in [1.82, 2.24) is 10.2 Å². The minimum absolute atomic E-state index is 0.0776. The fourth-order valence-corrected chi connectivity index (χ4v) is 3.43. The number of benzene rings is 2. The lowest BCUT2D eigenvalue weighted by atomic mass is 10.1. The van der Waals surface area contributed by atoms with E-state index in [-0.39, 0.29) is 24.2 Å². The molecular formula is C20H20N4O2. The number of nitrogens with zero attached hydrogens (tertiary/aromatic N) is 2. The Labute approximate surface area is 151 Å². The Morgan fingerprint density at radius 2 is 2.00 bits per heavy atom. The number of fused-ring (bicyclic) bond motifs is 1. The first-order chi connectivity index (χ1) is 12.7. The monoisotopic (exact) mass is 348 g/mol. The predicted molar refractivity (Wildman–Crippen MR) is 101 cm³/mol. The van der Waals surface area contributed by atoms with Crippen molar-refractivity contribution in [3.05, 3.63) is 54.1 Å². The van der Waals surface area contributed by atoms with Gasteiger partial charge in [0.1, 0.15) is 0 Å². The molecule has 132 valence electrons. The summed E-state index contributed by atoms with van der Waals surface area (Å²) in [6, 6.07) is 15.4. The number of para-hydroxylation sites is 2. The first-order valence-corrected chi connectivity index (χ1v) is 8.79. The molecule has 0 aliphatic carbocycles. The molecule has 6 heteroatoms. The third-order valence-electron chi connectivity index (χ3n) is 4.86. The second kappa shape index (κ2) is 6.63. The zero-order chi connectivity index (χ0) is 18.1. The van der Waals surface area contributed by atoms with Crippen LogP contribution in [-0.2, 0) is 16.0 Å². The lowest BCUT2D eigenvalue weighted by molar-refractivity contribution is -0.122. The topological polar surface area (TPSA) is 78.1 Å². The molecule has 26 heavy (non-hydrogen) atoms. The Balaban J connectivity index is 1.53. The minimum Gasteiger partial charge on any atom is -0.326 e. The SMILES string of the molecule is CCc1ccccc1NC(=O)[C@H]1CC(=O)N(c2n[nH]c3ccccc23)C1. The average Bonchev–Trinajstić information content (AvgIpc) is 3.25. The number of anilines is 2. The van der Waals surface area contributed by atoms with Gasteiger partial charge in [-0.1, -0.05) is 37.3 Å². The Morgan fingerprint density at radius 1 is 1.23 bits per heavy atom. The molecule has 2 heterocycles. The van der Waals surface area contributed by atoms with Crippen LogP contribution in [0.4, 0.5) is 11.5 Å². The van der Waals surface area contributed by atoms with Gasteiger partial charge in [0.05, 0.1) is 11.4 Å². The third kappa shape index (κ3) is 2.83. The Kier molecular flexibility index (Phi) is 4.16. The summed E-state index contributed by atoms with van der Waals surface area (Å²) in [5, 5.41) is 11.1. The lowest BCUT2D eigenvalue weighted by Gasteiger charge is -2.15. The lowest BCUT2D eigenvalue weighted by Crippen LogP contribution is -2.28. The summed E-state index contributed by atoms with van der Waals surface area (Å²) >= 11 is 0. The number of amides is 2. The molecule has 0 unspecified atom stereocenters. The predicted octanol–water partition coefficient (Wildman–Crippen LogP) is 3.12. The van der Waals surface area contributed by atoms with E-state index in [0.29, 0.717) is 12.4 Å². The van der Waals surface area contributed by atoms with E-state index >= 15 is 0 Å². The highest BCUT2D eigenvalue weighted by Gasteiger charge is 2.37. The summed E-state index contributed by atoms with van der Waals surface area (Å²) in [5.74, 6) is 0.00510. The second-order valence-electron chi connectivity index (χ2n) is 6.50. The van der Waals surface area contributed by atoms with E-state index in [1.54, 1.807) is 4.90 Å². The summed E-state index contributed by atoms with van der Waals surface area (Å²) in [7, 11) is 0. The third-order valence-corrected chi connectivity index (χ3v) is 4.86. The van der Waals surface area contributed by atoms with Gasteiger partial charge in [-0.2, -0.15) is 5.10 Å². The molecular weight excluding hydrogens is 328 g/mol. The normalized spacial score (nSPS) is 17.0. The number of nitrogens with one attached hydrogen (secondary N) is 2. The summed E-state index contributed by atoms with van der Waals surface area (Å²) in [6.07, 6.45) is 1.03. The molecule has 2 N–H and O–H groups in total. The Bertz CT molecular complexity index is 979. The van der Waals surface area contributed by atoms with Crippen molar-refractivity contribution in [2.24, 2.45) is 5.92 Å². The van der Waals surface area contributed by atoms with Crippen LogP contribution in [0.5, 0.6) is 0 Å². The maximum Gasteiger partial charge on any atom is 0.229 e. The van der Waals surface area contributed by atoms with Crippen molar-refractivity contribution in [3.8, 4) is 0 Å². The van der Waals surface area contributed by atoms with E-state index in [9.17, 15) is 9.59 Å². The highest BCUT2D eigenvalue weighted by Crippen LogP contribution is 2.30. The summed E-state index contributed by atoms with van der Waals surface area (Å²) in [6.45, 7) is 2.39. The molecule has 2 amide bonds. The van der Waals surface area contributed by atoms with Crippen LogP contribution in [-0.4, -0.2) is 28.6 Å². The fraction of sp³-hybridized carbons (Fsp3) is 0.250. The largest absolute Gasteiger partial charge is 0.326 e. The Hall–Kier alpha value is -3.15. The molecule has 1 aliphatic rings. The number of H-pyrrole nitrogens is 1. The van der Waals surface area contributed by atoms with Gasteiger partial charge in [0.15, 0.2) is 5.82 Å². The van der Waals surface area contributed by atoms with Crippen molar-refractivity contribution in [2.45, 2.75) is 19.8 Å². The molecule has 0 radical (unpaired) electrons. The maximum absolute atomic E-state index is 12.7. The molecule has 2 aromatic carbocycles. The highest BCUT2D eigenvalue weighted by molar-refractivity contribution is 6.07. The van der Waals surface area contributed by atoms with Crippen LogP contribution in [0.25, 0.3) is 10.9 Å². The number of aromatic amines is 1. The summed E-state index contributed by atoms with van der Waals surface area (Å²) in [4.78, 5) is 26.8. The first kappa shape index (κ1) is 16.3. The molecule has 6 nitrogen and oxygen atoms in total. The zero-order valence-electron chi connectivity index (χ0n) is 14.5. The number of carbonyl (C=O) groups is 2. The molecule has 1 atom stereocenters. The van der Waals surface area contributed by atoms with Crippen LogP contribution in [0.3, 0.4) is 0 Å². The molecule has 1 aliphatic heterocycles. The van der Waals surface area contributed by atoms with Gasteiger partial charge in [0.2, 0.25) is 11.8 Å². The van der Waals surface area contributed by atoms with Crippen molar-refractivity contribution in [1.29, 1.82) is 0 Å². The quantitative estimate of drug-likeness (QED) is 0.760. The van der Waals surface area contributed by atoms with E-state index < -0.39 is 0 Å². The van der Waals surface area contributed by atoms with Gasteiger partial charge in [0, 0.05) is 24.0 Å². The molecule has 0 saturated carbocycles. The number of carbonyl (C=O) groups excluding carboxylic acids is 2. The van der Waals surface area contributed by atoms with Crippen LogP contribution >= 0.6 is 0 Å². The van der Waals surface area contributed by atoms with Crippen LogP contribution in [0.15, 0.2) is 48.5 Å². The number of aryl methyl sites for hydroxylation is 1. The standard InChI is InChI=1S/C20H20N4O2/c1-2-13-7-3-5-9-16(13)21-20(26)14-11-18(25)24(12-14)19-15-8-4-6-10-17(15)22-23-19/h3-10,14H,2,11-12H2,1H3,(H,21,26)(H,22,23)/t14-/m0/s1. The van der Waals surface area contributed by atoms with Gasteiger partial charge >= 0.3 is 0 Å².